The van der Waals surface area contributed by atoms with Gasteiger partial charge in [0.2, 0.25) is 5.89 Å². The second-order valence-corrected chi connectivity index (χ2v) is 3.61. The van der Waals surface area contributed by atoms with Crippen LogP contribution in [0.4, 0.5) is 22.0 Å². The summed E-state index contributed by atoms with van der Waals surface area (Å²) in [5, 5.41) is 8.56. The van der Waals surface area contributed by atoms with Gasteiger partial charge in [0.15, 0.2) is 0 Å². The molecular formula is C8H10F5N3O. The molecule has 0 aromatic carbocycles. The normalized spacial score (nSPS) is 13.4. The van der Waals surface area contributed by atoms with Gasteiger partial charge >= 0.3 is 12.1 Å². The summed E-state index contributed by atoms with van der Waals surface area (Å²) in [4.78, 5) is 0. The smallest absolute Gasteiger partial charge is 0.418 e. The number of halogens is 5. The second-order valence-electron chi connectivity index (χ2n) is 3.61. The van der Waals surface area contributed by atoms with Gasteiger partial charge in [-0.25, -0.2) is 0 Å². The van der Waals surface area contributed by atoms with E-state index in [2.05, 4.69) is 19.9 Å². The second kappa shape index (κ2) is 4.55. The first-order valence-corrected chi connectivity index (χ1v) is 4.65. The molecule has 4 nitrogen and oxygen atoms in total. The highest BCUT2D eigenvalue weighted by molar-refractivity contribution is 4.95. The Labute approximate surface area is 93.2 Å². The fourth-order valence-corrected chi connectivity index (χ4v) is 0.865. The number of nitrogens with one attached hydrogen (secondary N) is 1. The van der Waals surface area contributed by atoms with Crippen molar-refractivity contribution < 1.29 is 26.4 Å². The maximum Gasteiger partial charge on any atom is 0.463 e. The van der Waals surface area contributed by atoms with Crippen LogP contribution >= 0.6 is 0 Å². The summed E-state index contributed by atoms with van der Waals surface area (Å²) in [5.41, 5.74) is 0. The van der Waals surface area contributed by atoms with Crippen LogP contribution in [0.25, 0.3) is 0 Å². The van der Waals surface area contributed by atoms with Crippen molar-refractivity contribution in [3.8, 4) is 0 Å². The topological polar surface area (TPSA) is 51.0 Å². The van der Waals surface area contributed by atoms with Crippen LogP contribution in [0.2, 0.25) is 0 Å². The van der Waals surface area contributed by atoms with Gasteiger partial charge in [0.05, 0.1) is 6.54 Å². The molecule has 17 heavy (non-hydrogen) atoms. The van der Waals surface area contributed by atoms with Crippen molar-refractivity contribution in [3.63, 3.8) is 0 Å². The van der Waals surface area contributed by atoms with Crippen molar-refractivity contribution in [1.82, 2.24) is 15.5 Å². The summed E-state index contributed by atoms with van der Waals surface area (Å²) in [6.07, 6.45) is -5.75. The monoisotopic (exact) mass is 259 g/mol. The maximum atomic E-state index is 12.7. The van der Waals surface area contributed by atoms with Crippen molar-refractivity contribution in [1.29, 1.82) is 0 Å². The molecule has 98 valence electrons. The molecule has 1 aromatic rings. The van der Waals surface area contributed by atoms with Gasteiger partial charge in [0, 0.05) is 6.04 Å². The van der Waals surface area contributed by atoms with Gasteiger partial charge in [-0.15, -0.1) is 10.2 Å². The molecule has 1 heterocycles. The summed E-state index contributed by atoms with van der Waals surface area (Å²) in [6, 6.07) is 0.00785. The molecule has 0 amide bonds. The minimum Gasteiger partial charge on any atom is -0.418 e. The van der Waals surface area contributed by atoms with E-state index >= 15 is 0 Å². The van der Waals surface area contributed by atoms with E-state index in [0.717, 1.165) is 0 Å². The van der Waals surface area contributed by atoms with Crippen LogP contribution < -0.4 is 5.32 Å². The Morgan fingerprint density at radius 1 is 1.18 bits per heavy atom. The zero-order valence-electron chi connectivity index (χ0n) is 8.98. The lowest BCUT2D eigenvalue weighted by atomic mass is 10.3. The first kappa shape index (κ1) is 13.8. The zero-order valence-corrected chi connectivity index (χ0v) is 8.98. The molecule has 0 unspecified atom stereocenters. The van der Waals surface area contributed by atoms with E-state index in [4.69, 9.17) is 0 Å². The third kappa shape index (κ3) is 3.11. The van der Waals surface area contributed by atoms with Gasteiger partial charge in [-0.2, -0.15) is 22.0 Å². The standard InChI is InChI=1S/C8H10F5N3O/c1-4(2)14-3-5-15-16-6(17-5)7(9,10)8(11,12)13/h4,14H,3H2,1-2H3. The predicted octanol–water partition coefficient (Wildman–Crippen LogP) is 2.22. The average molecular weight is 259 g/mol. The third-order valence-electron chi connectivity index (χ3n) is 1.75. The van der Waals surface area contributed by atoms with E-state index in [-0.39, 0.29) is 18.5 Å². The van der Waals surface area contributed by atoms with Crippen molar-refractivity contribution in [2.75, 3.05) is 0 Å². The summed E-state index contributed by atoms with van der Waals surface area (Å²) in [6.45, 7) is 3.46. The molecule has 1 N–H and O–H groups in total. The summed E-state index contributed by atoms with van der Waals surface area (Å²) in [5.74, 6) is -7.20. The van der Waals surface area contributed by atoms with E-state index in [1.165, 1.54) is 0 Å². The Bertz CT molecular complexity index is 373. The number of hydrogen-bond donors (Lipinski definition) is 1. The Kier molecular flexibility index (Phi) is 3.70. The molecule has 0 atom stereocenters. The van der Waals surface area contributed by atoms with Gasteiger partial charge in [-0.1, -0.05) is 13.8 Å². The van der Waals surface area contributed by atoms with Crippen LogP contribution in [0.15, 0.2) is 4.42 Å². The number of alkyl halides is 5. The van der Waals surface area contributed by atoms with E-state index in [1.807, 2.05) is 0 Å². The SMILES string of the molecule is CC(C)NCc1nnc(C(F)(F)C(F)(F)F)o1. The first-order chi connectivity index (χ1) is 7.64. The van der Waals surface area contributed by atoms with Gasteiger partial charge < -0.3 is 9.73 Å². The number of nitrogens with zero attached hydrogens (tertiary/aromatic N) is 2. The molecule has 9 heteroatoms. The lowest BCUT2D eigenvalue weighted by Gasteiger charge is -2.14. The van der Waals surface area contributed by atoms with Gasteiger partial charge in [0.1, 0.15) is 0 Å². The Morgan fingerprint density at radius 2 is 1.76 bits per heavy atom. The van der Waals surface area contributed by atoms with Crippen LogP contribution in [0.5, 0.6) is 0 Å². The number of rotatable bonds is 4. The fraction of sp³-hybridized carbons (Fsp3) is 0.750. The predicted molar refractivity (Wildman–Crippen MR) is 46.2 cm³/mol. The van der Waals surface area contributed by atoms with Crippen LogP contribution in [0.1, 0.15) is 25.6 Å². The fourth-order valence-electron chi connectivity index (χ4n) is 0.865. The van der Waals surface area contributed by atoms with E-state index < -0.39 is 18.0 Å². The van der Waals surface area contributed by atoms with Crippen molar-refractivity contribution in [2.24, 2.45) is 0 Å². The highest BCUT2D eigenvalue weighted by atomic mass is 19.4. The Hall–Kier alpha value is -1.25. The van der Waals surface area contributed by atoms with Gasteiger partial charge in [-0.3, -0.25) is 0 Å². The summed E-state index contributed by atoms with van der Waals surface area (Å²) >= 11 is 0. The van der Waals surface area contributed by atoms with Crippen LogP contribution in [-0.4, -0.2) is 22.4 Å². The van der Waals surface area contributed by atoms with E-state index in [1.54, 1.807) is 13.8 Å². The molecule has 0 saturated carbocycles. The molecule has 0 radical (unpaired) electrons. The Balaban J connectivity index is 2.81. The van der Waals surface area contributed by atoms with E-state index in [0.29, 0.717) is 0 Å². The largest absolute Gasteiger partial charge is 0.463 e. The molecule has 0 aliphatic heterocycles. The van der Waals surface area contributed by atoms with Crippen LogP contribution in [0, 0.1) is 0 Å². The highest BCUT2D eigenvalue weighted by Crippen LogP contribution is 2.42. The maximum absolute atomic E-state index is 12.7. The molecule has 0 spiro atoms. The molecule has 1 rings (SSSR count). The molecule has 0 aliphatic carbocycles. The van der Waals surface area contributed by atoms with Crippen LogP contribution in [-0.2, 0) is 12.5 Å². The molecule has 1 aromatic heterocycles. The Morgan fingerprint density at radius 3 is 2.24 bits per heavy atom. The number of aromatic nitrogens is 2. The van der Waals surface area contributed by atoms with Crippen LogP contribution in [0.3, 0.4) is 0 Å². The highest BCUT2D eigenvalue weighted by Gasteiger charge is 2.62. The van der Waals surface area contributed by atoms with Crippen molar-refractivity contribution in [3.05, 3.63) is 11.8 Å². The first-order valence-electron chi connectivity index (χ1n) is 4.65. The zero-order chi connectivity index (χ0) is 13.3. The molecule has 0 fully saturated rings. The summed E-state index contributed by atoms with van der Waals surface area (Å²) < 4.78 is 65.6. The lowest BCUT2D eigenvalue weighted by Crippen LogP contribution is -2.34. The van der Waals surface area contributed by atoms with Gasteiger partial charge in [0.25, 0.3) is 5.89 Å². The molecule has 0 aliphatic rings. The minimum atomic E-state index is -5.75. The van der Waals surface area contributed by atoms with Gasteiger partial charge in [-0.05, 0) is 0 Å². The quantitative estimate of drug-likeness (QED) is 0.842. The molecular weight excluding hydrogens is 249 g/mol. The molecule has 0 saturated heterocycles. The average Bonchev–Trinajstić information content (AvgIpc) is 2.61. The number of hydrogen-bond acceptors (Lipinski definition) is 4. The lowest BCUT2D eigenvalue weighted by molar-refractivity contribution is -0.297. The minimum absolute atomic E-state index is 0.00785. The molecule has 0 bridgehead atoms. The van der Waals surface area contributed by atoms with Crippen molar-refractivity contribution >= 4 is 0 Å². The summed E-state index contributed by atoms with van der Waals surface area (Å²) in [7, 11) is 0. The van der Waals surface area contributed by atoms with E-state index in [9.17, 15) is 22.0 Å². The third-order valence-corrected chi connectivity index (χ3v) is 1.75. The van der Waals surface area contributed by atoms with Crippen molar-refractivity contribution in [2.45, 2.75) is 38.5 Å².